The van der Waals surface area contributed by atoms with E-state index in [4.69, 9.17) is 0 Å². The quantitative estimate of drug-likeness (QED) is 0.710. The molecule has 4 unspecified atom stereocenters. The molecule has 0 bridgehead atoms. The molecule has 0 saturated heterocycles. The maximum absolute atomic E-state index is 9.57. The summed E-state index contributed by atoms with van der Waals surface area (Å²) in [6.45, 7) is 3.01. The highest BCUT2D eigenvalue weighted by Gasteiger charge is 2.49. The van der Waals surface area contributed by atoms with Crippen molar-refractivity contribution in [1.29, 1.82) is 0 Å². The first kappa shape index (κ1) is 10.4. The monoisotopic (exact) mass is 198 g/mol. The van der Waals surface area contributed by atoms with Crippen LogP contribution in [0.4, 0.5) is 0 Å². The molecule has 0 radical (unpaired) electrons. The van der Waals surface area contributed by atoms with Gasteiger partial charge in [0, 0.05) is 13.2 Å². The molecular weight excluding hydrogens is 176 g/mol. The Morgan fingerprint density at radius 1 is 1.21 bits per heavy atom. The van der Waals surface area contributed by atoms with E-state index in [1.807, 2.05) is 0 Å². The Hall–Kier alpha value is -0.0800. The highest BCUT2D eigenvalue weighted by atomic mass is 16.3. The van der Waals surface area contributed by atoms with Gasteiger partial charge in [0.05, 0.1) is 0 Å². The van der Waals surface area contributed by atoms with Crippen molar-refractivity contribution in [3.63, 3.8) is 0 Å². The van der Waals surface area contributed by atoms with Gasteiger partial charge in [0.1, 0.15) is 0 Å². The molecule has 2 fully saturated rings. The molecule has 2 N–H and O–H groups in total. The van der Waals surface area contributed by atoms with Crippen LogP contribution in [0.2, 0.25) is 0 Å². The Morgan fingerprint density at radius 3 is 2.57 bits per heavy atom. The standard InChI is InChI=1S/C12H22O2/c1-9-2-4-12(8-14)5-3-10(7-13)6-11(9)12/h9-11,13-14H,2-8H2,1H3. The van der Waals surface area contributed by atoms with Gasteiger partial charge in [0.15, 0.2) is 0 Å². The van der Waals surface area contributed by atoms with Crippen molar-refractivity contribution < 1.29 is 10.2 Å². The molecule has 0 heterocycles. The second-order valence-corrected chi connectivity index (χ2v) is 5.47. The van der Waals surface area contributed by atoms with Gasteiger partial charge >= 0.3 is 0 Å². The summed E-state index contributed by atoms with van der Waals surface area (Å²) in [6.07, 6.45) is 5.85. The molecule has 2 aliphatic carbocycles. The first-order valence-electron chi connectivity index (χ1n) is 5.93. The first-order chi connectivity index (χ1) is 6.72. The molecule has 0 spiro atoms. The molecule has 0 amide bonds. The van der Waals surface area contributed by atoms with Gasteiger partial charge in [-0.2, -0.15) is 0 Å². The molecule has 0 aromatic heterocycles. The van der Waals surface area contributed by atoms with Crippen molar-refractivity contribution in [2.75, 3.05) is 13.2 Å². The summed E-state index contributed by atoms with van der Waals surface area (Å²) in [6, 6.07) is 0. The zero-order valence-corrected chi connectivity index (χ0v) is 9.08. The lowest BCUT2D eigenvalue weighted by atomic mass is 9.64. The van der Waals surface area contributed by atoms with Gasteiger partial charge in [-0.3, -0.25) is 0 Å². The van der Waals surface area contributed by atoms with Crippen molar-refractivity contribution in [2.45, 2.75) is 39.0 Å². The van der Waals surface area contributed by atoms with Crippen LogP contribution in [-0.4, -0.2) is 23.4 Å². The minimum atomic E-state index is 0.227. The summed E-state index contributed by atoms with van der Waals surface area (Å²) in [5.41, 5.74) is 0.227. The number of aliphatic hydroxyl groups is 2. The van der Waals surface area contributed by atoms with Crippen LogP contribution in [0.5, 0.6) is 0 Å². The van der Waals surface area contributed by atoms with E-state index in [2.05, 4.69) is 6.92 Å². The summed E-state index contributed by atoms with van der Waals surface area (Å²) in [7, 11) is 0. The molecule has 2 rings (SSSR count). The predicted molar refractivity (Wildman–Crippen MR) is 55.8 cm³/mol. The van der Waals surface area contributed by atoms with Gasteiger partial charge < -0.3 is 10.2 Å². The van der Waals surface area contributed by atoms with Crippen molar-refractivity contribution in [2.24, 2.45) is 23.2 Å². The van der Waals surface area contributed by atoms with Gasteiger partial charge in [-0.05, 0) is 55.3 Å². The van der Waals surface area contributed by atoms with E-state index in [-0.39, 0.29) is 5.41 Å². The molecular formula is C12H22O2. The van der Waals surface area contributed by atoms with Crippen LogP contribution in [0.1, 0.15) is 39.0 Å². The largest absolute Gasteiger partial charge is 0.396 e. The Morgan fingerprint density at radius 2 is 1.93 bits per heavy atom. The van der Waals surface area contributed by atoms with Crippen LogP contribution in [0.15, 0.2) is 0 Å². The Labute approximate surface area is 86.3 Å². The molecule has 2 aliphatic rings. The first-order valence-corrected chi connectivity index (χ1v) is 5.93. The van der Waals surface area contributed by atoms with Crippen LogP contribution in [0.25, 0.3) is 0 Å². The maximum Gasteiger partial charge on any atom is 0.0490 e. The second-order valence-electron chi connectivity index (χ2n) is 5.47. The summed E-state index contributed by atoms with van der Waals surface area (Å²) in [5.74, 6) is 1.91. The van der Waals surface area contributed by atoms with Gasteiger partial charge in [0.25, 0.3) is 0 Å². The van der Waals surface area contributed by atoms with Gasteiger partial charge in [-0.1, -0.05) is 6.92 Å². The van der Waals surface area contributed by atoms with E-state index in [0.717, 1.165) is 25.2 Å². The molecule has 2 nitrogen and oxygen atoms in total. The van der Waals surface area contributed by atoms with Crippen LogP contribution in [0, 0.1) is 23.2 Å². The lowest BCUT2D eigenvalue weighted by molar-refractivity contribution is 0.00321. The summed E-state index contributed by atoms with van der Waals surface area (Å²) in [4.78, 5) is 0. The molecule has 2 heteroatoms. The fourth-order valence-electron chi connectivity index (χ4n) is 3.71. The number of hydrogen-bond acceptors (Lipinski definition) is 2. The van der Waals surface area contributed by atoms with E-state index >= 15 is 0 Å². The average molecular weight is 198 g/mol. The molecule has 0 aliphatic heterocycles. The van der Waals surface area contributed by atoms with Crippen molar-refractivity contribution >= 4 is 0 Å². The SMILES string of the molecule is CC1CCC2(CO)CCC(CO)CC12. The van der Waals surface area contributed by atoms with E-state index in [1.54, 1.807) is 0 Å². The molecule has 0 aromatic carbocycles. The maximum atomic E-state index is 9.57. The smallest absolute Gasteiger partial charge is 0.0490 e. The topological polar surface area (TPSA) is 40.5 Å². The Balaban J connectivity index is 2.11. The van der Waals surface area contributed by atoms with Gasteiger partial charge in [0.2, 0.25) is 0 Å². The van der Waals surface area contributed by atoms with E-state index < -0.39 is 0 Å². The number of rotatable bonds is 2. The molecule has 4 atom stereocenters. The molecule has 82 valence electrons. The summed E-state index contributed by atoms with van der Waals surface area (Å²) < 4.78 is 0. The third-order valence-corrected chi connectivity index (χ3v) is 4.78. The lowest BCUT2D eigenvalue weighted by Crippen LogP contribution is -2.38. The average Bonchev–Trinajstić information content (AvgIpc) is 2.57. The zero-order chi connectivity index (χ0) is 10.2. The third-order valence-electron chi connectivity index (χ3n) is 4.78. The normalized spacial score (nSPS) is 47.8. The third kappa shape index (κ3) is 1.49. The highest BCUT2D eigenvalue weighted by molar-refractivity contribution is 4.98. The van der Waals surface area contributed by atoms with Crippen LogP contribution in [0.3, 0.4) is 0 Å². The van der Waals surface area contributed by atoms with Crippen LogP contribution < -0.4 is 0 Å². The summed E-state index contributed by atoms with van der Waals surface area (Å²) >= 11 is 0. The predicted octanol–water partition coefficient (Wildman–Crippen LogP) is 1.80. The van der Waals surface area contributed by atoms with Crippen molar-refractivity contribution in [3.05, 3.63) is 0 Å². The number of hydrogen-bond donors (Lipinski definition) is 2. The van der Waals surface area contributed by atoms with Crippen molar-refractivity contribution in [3.8, 4) is 0 Å². The van der Waals surface area contributed by atoms with Gasteiger partial charge in [-0.15, -0.1) is 0 Å². The molecule has 0 aromatic rings. The van der Waals surface area contributed by atoms with Crippen molar-refractivity contribution in [1.82, 2.24) is 0 Å². The van der Waals surface area contributed by atoms with Gasteiger partial charge in [-0.25, -0.2) is 0 Å². The fraction of sp³-hybridized carbons (Fsp3) is 1.00. The Kier molecular flexibility index (Phi) is 2.85. The number of aliphatic hydroxyl groups excluding tert-OH is 2. The molecule has 14 heavy (non-hydrogen) atoms. The fourth-order valence-corrected chi connectivity index (χ4v) is 3.71. The summed E-state index contributed by atoms with van der Waals surface area (Å²) in [5, 5.41) is 18.8. The van der Waals surface area contributed by atoms with E-state index in [1.165, 1.54) is 12.8 Å². The second kappa shape index (κ2) is 3.82. The Bertz CT molecular complexity index is 204. The lowest BCUT2D eigenvalue weighted by Gasteiger charge is -2.42. The zero-order valence-electron chi connectivity index (χ0n) is 9.08. The highest BCUT2D eigenvalue weighted by Crippen LogP contribution is 2.55. The van der Waals surface area contributed by atoms with E-state index in [0.29, 0.717) is 25.0 Å². The molecule has 2 saturated carbocycles. The van der Waals surface area contributed by atoms with E-state index in [9.17, 15) is 10.2 Å². The minimum absolute atomic E-state index is 0.227. The van der Waals surface area contributed by atoms with Crippen LogP contribution in [-0.2, 0) is 0 Å². The minimum Gasteiger partial charge on any atom is -0.396 e. The number of fused-ring (bicyclic) bond motifs is 1. The van der Waals surface area contributed by atoms with Crippen LogP contribution >= 0.6 is 0 Å².